The van der Waals surface area contributed by atoms with E-state index in [9.17, 15) is 23.9 Å². The number of amides is 2. The number of Topliss-reactive ketones (excluding diaryl/α,β-unsaturated/α-hetero) is 1. The van der Waals surface area contributed by atoms with Gasteiger partial charge in [-0.3, -0.25) is 14.4 Å². The zero-order valence-corrected chi connectivity index (χ0v) is 17.6. The third kappa shape index (κ3) is 9.09. The molecule has 3 N–H and O–H groups in total. The third-order valence-electron chi connectivity index (χ3n) is 4.94. The van der Waals surface area contributed by atoms with E-state index >= 15 is 0 Å². The van der Waals surface area contributed by atoms with Crippen molar-refractivity contribution < 1.29 is 23.9 Å². The predicted octanol–water partition coefficient (Wildman–Crippen LogP) is 2.65. The lowest BCUT2D eigenvalue weighted by atomic mass is 10.0. The monoisotopic (exact) mass is 428 g/mol. The van der Waals surface area contributed by atoms with Gasteiger partial charge in [0.25, 0.3) is 5.91 Å². The van der Waals surface area contributed by atoms with Crippen molar-refractivity contribution in [1.82, 2.24) is 10.6 Å². The number of ketones is 1. The van der Waals surface area contributed by atoms with Crippen LogP contribution in [0.4, 0.5) is 4.39 Å². The number of halogens is 1. The van der Waals surface area contributed by atoms with E-state index in [0.717, 1.165) is 5.56 Å². The van der Waals surface area contributed by atoms with Crippen molar-refractivity contribution in [3.63, 3.8) is 0 Å². The summed E-state index contributed by atoms with van der Waals surface area (Å²) >= 11 is 0. The highest BCUT2D eigenvalue weighted by atomic mass is 19.1. The number of hydrogen-bond acceptors (Lipinski definition) is 4. The van der Waals surface area contributed by atoms with E-state index in [-0.39, 0.29) is 36.3 Å². The fourth-order valence-corrected chi connectivity index (χ4v) is 2.98. The number of benzene rings is 2. The highest BCUT2D eigenvalue weighted by molar-refractivity contribution is 5.94. The summed E-state index contributed by atoms with van der Waals surface area (Å²) in [6, 6.07) is 15.0. The Morgan fingerprint density at radius 3 is 2.45 bits per heavy atom. The Morgan fingerprint density at radius 2 is 1.74 bits per heavy atom. The van der Waals surface area contributed by atoms with E-state index < -0.39 is 17.7 Å². The SMILES string of the molecule is CC(CCC(=O)NCC(=O)C(O)CCc1ccccc1)CNC(=O)c1cccc(F)c1. The molecule has 31 heavy (non-hydrogen) atoms. The summed E-state index contributed by atoms with van der Waals surface area (Å²) in [7, 11) is 0. The molecule has 7 heteroatoms. The fraction of sp³-hybridized carbons (Fsp3) is 0.375. The number of aryl methyl sites for hydroxylation is 1. The Bertz CT molecular complexity index is 873. The Balaban J connectivity index is 1.61. The number of carbonyl (C=O) groups is 3. The van der Waals surface area contributed by atoms with Gasteiger partial charge in [0.05, 0.1) is 6.54 Å². The molecule has 0 aliphatic rings. The van der Waals surface area contributed by atoms with E-state index in [4.69, 9.17) is 0 Å². The van der Waals surface area contributed by atoms with Gasteiger partial charge in [-0.2, -0.15) is 0 Å². The van der Waals surface area contributed by atoms with Gasteiger partial charge >= 0.3 is 0 Å². The summed E-state index contributed by atoms with van der Waals surface area (Å²) in [5.41, 5.74) is 1.28. The van der Waals surface area contributed by atoms with Gasteiger partial charge in [-0.1, -0.05) is 43.3 Å². The second-order valence-electron chi connectivity index (χ2n) is 7.65. The molecule has 0 aliphatic carbocycles. The lowest BCUT2D eigenvalue weighted by molar-refractivity contribution is -0.129. The van der Waals surface area contributed by atoms with Gasteiger partial charge in [-0.05, 0) is 48.9 Å². The molecule has 0 saturated heterocycles. The minimum absolute atomic E-state index is 0.0235. The van der Waals surface area contributed by atoms with E-state index in [0.29, 0.717) is 25.8 Å². The summed E-state index contributed by atoms with van der Waals surface area (Å²) < 4.78 is 13.2. The highest BCUT2D eigenvalue weighted by Crippen LogP contribution is 2.08. The second-order valence-corrected chi connectivity index (χ2v) is 7.65. The molecule has 0 aliphatic heterocycles. The van der Waals surface area contributed by atoms with Crippen LogP contribution in [-0.2, 0) is 16.0 Å². The Morgan fingerprint density at radius 1 is 1.00 bits per heavy atom. The topological polar surface area (TPSA) is 95.5 Å². The molecule has 0 aromatic heterocycles. The van der Waals surface area contributed by atoms with Crippen molar-refractivity contribution >= 4 is 17.6 Å². The molecule has 0 radical (unpaired) electrons. The van der Waals surface area contributed by atoms with Crippen LogP contribution in [0.15, 0.2) is 54.6 Å². The summed E-state index contributed by atoms with van der Waals surface area (Å²) in [4.78, 5) is 36.0. The Hall–Kier alpha value is -3.06. The molecular formula is C24H29FN2O4. The van der Waals surface area contributed by atoms with Crippen LogP contribution in [0.5, 0.6) is 0 Å². The van der Waals surface area contributed by atoms with Gasteiger partial charge in [-0.15, -0.1) is 0 Å². The molecule has 2 unspecified atom stereocenters. The lowest BCUT2D eigenvalue weighted by Crippen LogP contribution is -2.36. The lowest BCUT2D eigenvalue weighted by Gasteiger charge is -2.13. The Labute approximate surface area is 181 Å². The smallest absolute Gasteiger partial charge is 0.251 e. The zero-order valence-electron chi connectivity index (χ0n) is 17.6. The number of rotatable bonds is 12. The molecule has 0 saturated carbocycles. The molecule has 2 aromatic carbocycles. The van der Waals surface area contributed by atoms with Gasteiger partial charge < -0.3 is 15.7 Å². The molecular weight excluding hydrogens is 399 g/mol. The fourth-order valence-electron chi connectivity index (χ4n) is 2.98. The first-order chi connectivity index (χ1) is 14.8. The van der Waals surface area contributed by atoms with Gasteiger partial charge in [0.1, 0.15) is 11.9 Å². The number of aliphatic hydroxyl groups excluding tert-OH is 1. The van der Waals surface area contributed by atoms with Gasteiger partial charge in [0, 0.05) is 18.5 Å². The molecule has 0 bridgehead atoms. The van der Waals surface area contributed by atoms with Crippen LogP contribution in [-0.4, -0.2) is 41.9 Å². The molecule has 0 heterocycles. The summed E-state index contributed by atoms with van der Waals surface area (Å²) in [5.74, 6) is -1.52. The number of aliphatic hydroxyl groups is 1. The summed E-state index contributed by atoms with van der Waals surface area (Å²) in [6.45, 7) is 2.02. The first kappa shape index (κ1) is 24.2. The first-order valence-corrected chi connectivity index (χ1v) is 10.4. The standard InChI is InChI=1S/C24H29FN2O4/c1-17(15-27-24(31)19-8-5-9-20(25)14-19)10-13-23(30)26-16-22(29)21(28)12-11-18-6-3-2-4-7-18/h2-9,14,17,21,28H,10-13,15-16H2,1H3,(H,26,30)(H,27,31). The van der Waals surface area contributed by atoms with Crippen molar-refractivity contribution in [2.75, 3.05) is 13.1 Å². The number of nitrogens with one attached hydrogen (secondary N) is 2. The van der Waals surface area contributed by atoms with Crippen LogP contribution >= 0.6 is 0 Å². The van der Waals surface area contributed by atoms with Crippen LogP contribution < -0.4 is 10.6 Å². The molecule has 166 valence electrons. The second kappa shape index (κ2) is 12.6. The predicted molar refractivity (Wildman–Crippen MR) is 116 cm³/mol. The normalized spacial score (nSPS) is 12.6. The third-order valence-corrected chi connectivity index (χ3v) is 4.94. The highest BCUT2D eigenvalue weighted by Gasteiger charge is 2.16. The Kier molecular flexibility index (Phi) is 9.84. The van der Waals surface area contributed by atoms with Gasteiger partial charge in [-0.25, -0.2) is 4.39 Å². The summed E-state index contributed by atoms with van der Waals surface area (Å²) in [6.07, 6.45) is 0.489. The molecule has 2 amide bonds. The molecule has 0 spiro atoms. The van der Waals surface area contributed by atoms with Gasteiger partial charge in [0.2, 0.25) is 5.91 Å². The van der Waals surface area contributed by atoms with Crippen LogP contribution in [0.2, 0.25) is 0 Å². The molecule has 2 atom stereocenters. The van der Waals surface area contributed by atoms with E-state index in [1.807, 2.05) is 37.3 Å². The molecule has 6 nitrogen and oxygen atoms in total. The average Bonchev–Trinajstić information content (AvgIpc) is 2.78. The number of carbonyl (C=O) groups excluding carboxylic acids is 3. The van der Waals surface area contributed by atoms with Crippen molar-refractivity contribution in [2.45, 2.75) is 38.7 Å². The van der Waals surface area contributed by atoms with E-state index in [1.54, 1.807) is 0 Å². The van der Waals surface area contributed by atoms with E-state index in [1.165, 1.54) is 24.3 Å². The quantitative estimate of drug-likeness (QED) is 0.484. The van der Waals surface area contributed by atoms with Crippen molar-refractivity contribution in [2.24, 2.45) is 5.92 Å². The van der Waals surface area contributed by atoms with Crippen LogP contribution in [0.3, 0.4) is 0 Å². The van der Waals surface area contributed by atoms with Crippen molar-refractivity contribution in [1.29, 1.82) is 0 Å². The maximum atomic E-state index is 13.2. The van der Waals surface area contributed by atoms with Crippen LogP contribution in [0, 0.1) is 11.7 Å². The van der Waals surface area contributed by atoms with Crippen LogP contribution in [0.1, 0.15) is 42.1 Å². The van der Waals surface area contributed by atoms with Crippen LogP contribution in [0.25, 0.3) is 0 Å². The molecule has 2 aromatic rings. The minimum Gasteiger partial charge on any atom is -0.385 e. The van der Waals surface area contributed by atoms with Gasteiger partial charge in [0.15, 0.2) is 5.78 Å². The van der Waals surface area contributed by atoms with Crippen molar-refractivity contribution in [3.05, 3.63) is 71.5 Å². The number of hydrogen-bond donors (Lipinski definition) is 3. The summed E-state index contributed by atoms with van der Waals surface area (Å²) in [5, 5.41) is 15.2. The zero-order chi connectivity index (χ0) is 22.6. The average molecular weight is 429 g/mol. The maximum absolute atomic E-state index is 13.2. The van der Waals surface area contributed by atoms with Crippen molar-refractivity contribution in [3.8, 4) is 0 Å². The first-order valence-electron chi connectivity index (χ1n) is 10.4. The van der Waals surface area contributed by atoms with E-state index in [2.05, 4.69) is 10.6 Å². The molecule has 0 fully saturated rings. The maximum Gasteiger partial charge on any atom is 0.251 e. The largest absolute Gasteiger partial charge is 0.385 e. The molecule has 2 rings (SSSR count). The minimum atomic E-state index is -1.11.